The van der Waals surface area contributed by atoms with E-state index in [4.69, 9.17) is 10.00 Å². The molecule has 1 aliphatic rings. The summed E-state index contributed by atoms with van der Waals surface area (Å²) < 4.78 is 5.44. The molecule has 0 saturated heterocycles. The first-order valence-electron chi connectivity index (χ1n) is 6.29. The Labute approximate surface area is 107 Å². The highest BCUT2D eigenvalue weighted by Gasteiger charge is 2.20. The Balaban J connectivity index is 1.67. The SMILES string of the molecule is N#Cc1cccc(OCC(O)CNCC2CC2)c1. The summed E-state index contributed by atoms with van der Waals surface area (Å²) >= 11 is 0. The summed E-state index contributed by atoms with van der Waals surface area (Å²) in [6.45, 7) is 1.78. The van der Waals surface area contributed by atoms with Crippen LogP contribution in [0, 0.1) is 17.2 Å². The van der Waals surface area contributed by atoms with Crippen molar-refractivity contribution in [3.05, 3.63) is 29.8 Å². The van der Waals surface area contributed by atoms with Gasteiger partial charge in [0.1, 0.15) is 18.5 Å². The Bertz CT molecular complexity index is 424. The lowest BCUT2D eigenvalue weighted by Crippen LogP contribution is -2.32. The third-order valence-electron chi connectivity index (χ3n) is 2.92. The van der Waals surface area contributed by atoms with Crippen LogP contribution in [0.15, 0.2) is 24.3 Å². The largest absolute Gasteiger partial charge is 0.491 e. The van der Waals surface area contributed by atoms with Crippen LogP contribution in [0.5, 0.6) is 5.75 Å². The number of aliphatic hydroxyl groups is 1. The number of nitriles is 1. The fourth-order valence-corrected chi connectivity index (χ4v) is 1.68. The zero-order chi connectivity index (χ0) is 12.8. The lowest BCUT2D eigenvalue weighted by molar-refractivity contribution is 0.106. The highest BCUT2D eigenvalue weighted by molar-refractivity contribution is 5.36. The van der Waals surface area contributed by atoms with Gasteiger partial charge in [-0.2, -0.15) is 5.26 Å². The molecule has 0 bridgehead atoms. The Morgan fingerprint density at radius 2 is 2.33 bits per heavy atom. The second kappa shape index (κ2) is 6.39. The molecule has 0 aromatic heterocycles. The van der Waals surface area contributed by atoms with Gasteiger partial charge >= 0.3 is 0 Å². The van der Waals surface area contributed by atoms with Crippen molar-refractivity contribution in [2.45, 2.75) is 18.9 Å². The molecule has 1 atom stereocenters. The van der Waals surface area contributed by atoms with Crippen LogP contribution >= 0.6 is 0 Å². The van der Waals surface area contributed by atoms with Gasteiger partial charge < -0.3 is 15.2 Å². The van der Waals surface area contributed by atoms with Crippen LogP contribution in [0.2, 0.25) is 0 Å². The lowest BCUT2D eigenvalue weighted by atomic mass is 10.2. The number of hydrogen-bond acceptors (Lipinski definition) is 4. The average Bonchev–Trinajstić information content (AvgIpc) is 3.21. The van der Waals surface area contributed by atoms with E-state index in [0.29, 0.717) is 17.9 Å². The quantitative estimate of drug-likeness (QED) is 0.761. The van der Waals surface area contributed by atoms with Crippen LogP contribution in [0.25, 0.3) is 0 Å². The monoisotopic (exact) mass is 246 g/mol. The molecule has 1 aromatic rings. The Morgan fingerprint density at radius 1 is 1.50 bits per heavy atom. The van der Waals surface area contributed by atoms with Crippen LogP contribution in [-0.4, -0.2) is 30.9 Å². The summed E-state index contributed by atoms with van der Waals surface area (Å²) in [5.74, 6) is 1.43. The van der Waals surface area contributed by atoms with Gasteiger partial charge in [-0.1, -0.05) is 6.07 Å². The van der Waals surface area contributed by atoms with Crippen LogP contribution in [0.3, 0.4) is 0 Å². The first-order valence-corrected chi connectivity index (χ1v) is 6.29. The predicted molar refractivity (Wildman–Crippen MR) is 68.3 cm³/mol. The molecule has 1 unspecified atom stereocenters. The minimum absolute atomic E-state index is 0.243. The molecule has 18 heavy (non-hydrogen) atoms. The maximum absolute atomic E-state index is 9.72. The smallest absolute Gasteiger partial charge is 0.120 e. The Kier molecular flexibility index (Phi) is 4.57. The molecule has 1 aromatic carbocycles. The number of benzene rings is 1. The van der Waals surface area contributed by atoms with Crippen LogP contribution in [0.4, 0.5) is 0 Å². The fraction of sp³-hybridized carbons (Fsp3) is 0.500. The minimum Gasteiger partial charge on any atom is -0.491 e. The molecular formula is C14H18N2O2. The molecule has 1 aliphatic carbocycles. The second-order valence-electron chi connectivity index (χ2n) is 4.71. The maximum Gasteiger partial charge on any atom is 0.120 e. The zero-order valence-electron chi connectivity index (χ0n) is 10.3. The van der Waals surface area contributed by atoms with Crippen molar-refractivity contribution in [1.29, 1.82) is 5.26 Å². The van der Waals surface area contributed by atoms with Crippen molar-refractivity contribution in [3.63, 3.8) is 0 Å². The summed E-state index contributed by atoms with van der Waals surface area (Å²) in [5, 5.41) is 21.7. The second-order valence-corrected chi connectivity index (χ2v) is 4.71. The van der Waals surface area contributed by atoms with Crippen molar-refractivity contribution in [2.75, 3.05) is 19.7 Å². The van der Waals surface area contributed by atoms with E-state index in [1.807, 2.05) is 0 Å². The topological polar surface area (TPSA) is 65.3 Å². The van der Waals surface area contributed by atoms with E-state index in [9.17, 15) is 5.11 Å². The standard InChI is InChI=1S/C14H18N2O2/c15-7-12-2-1-3-14(6-12)18-10-13(17)9-16-8-11-4-5-11/h1-3,6,11,13,16-17H,4-5,8-10H2. The van der Waals surface area contributed by atoms with Gasteiger partial charge in [-0.3, -0.25) is 0 Å². The summed E-state index contributed by atoms with van der Waals surface area (Å²) in [6, 6.07) is 9.00. The van der Waals surface area contributed by atoms with Gasteiger partial charge in [0.25, 0.3) is 0 Å². The molecule has 0 radical (unpaired) electrons. The summed E-state index contributed by atoms with van der Waals surface area (Å²) in [7, 11) is 0. The van der Waals surface area contributed by atoms with Crippen LogP contribution < -0.4 is 10.1 Å². The third kappa shape index (κ3) is 4.36. The number of hydrogen-bond donors (Lipinski definition) is 2. The molecule has 0 aliphatic heterocycles. The van der Waals surface area contributed by atoms with E-state index in [1.54, 1.807) is 24.3 Å². The van der Waals surface area contributed by atoms with E-state index < -0.39 is 6.10 Å². The molecule has 96 valence electrons. The molecule has 1 saturated carbocycles. The predicted octanol–water partition coefficient (Wildman–Crippen LogP) is 1.30. The van der Waals surface area contributed by atoms with Gasteiger partial charge in [-0.25, -0.2) is 0 Å². The molecule has 2 rings (SSSR count). The van der Waals surface area contributed by atoms with Crippen LogP contribution in [0.1, 0.15) is 18.4 Å². The number of nitrogens with one attached hydrogen (secondary N) is 1. The summed E-state index contributed by atoms with van der Waals surface area (Å²) in [6.07, 6.45) is 2.09. The van der Waals surface area contributed by atoms with Gasteiger partial charge in [0, 0.05) is 6.54 Å². The van der Waals surface area contributed by atoms with Gasteiger partial charge in [-0.15, -0.1) is 0 Å². The van der Waals surface area contributed by atoms with Crippen molar-refractivity contribution < 1.29 is 9.84 Å². The Morgan fingerprint density at radius 3 is 3.06 bits per heavy atom. The highest BCUT2D eigenvalue weighted by Crippen LogP contribution is 2.27. The first-order chi connectivity index (χ1) is 8.78. The zero-order valence-corrected chi connectivity index (χ0v) is 10.3. The molecule has 0 amide bonds. The lowest BCUT2D eigenvalue weighted by Gasteiger charge is -2.13. The maximum atomic E-state index is 9.72. The van der Waals surface area contributed by atoms with Gasteiger partial charge in [-0.05, 0) is 43.5 Å². The molecule has 1 fully saturated rings. The van der Waals surface area contributed by atoms with E-state index in [1.165, 1.54) is 12.8 Å². The molecule has 4 heteroatoms. The molecular weight excluding hydrogens is 228 g/mol. The number of aliphatic hydroxyl groups excluding tert-OH is 1. The van der Waals surface area contributed by atoms with E-state index >= 15 is 0 Å². The Hall–Kier alpha value is -1.57. The number of ether oxygens (including phenoxy) is 1. The van der Waals surface area contributed by atoms with Gasteiger partial charge in [0.05, 0.1) is 11.6 Å². The van der Waals surface area contributed by atoms with E-state index in [2.05, 4.69) is 11.4 Å². The normalized spacial score (nSPS) is 16.0. The first kappa shape index (κ1) is 12.9. The van der Waals surface area contributed by atoms with Crippen molar-refractivity contribution >= 4 is 0 Å². The molecule has 0 spiro atoms. The molecule has 4 nitrogen and oxygen atoms in total. The molecule has 0 heterocycles. The van der Waals surface area contributed by atoms with Gasteiger partial charge in [0.15, 0.2) is 0 Å². The van der Waals surface area contributed by atoms with Crippen molar-refractivity contribution in [2.24, 2.45) is 5.92 Å². The van der Waals surface area contributed by atoms with Crippen LogP contribution in [-0.2, 0) is 0 Å². The summed E-state index contributed by atoms with van der Waals surface area (Å²) in [4.78, 5) is 0. The van der Waals surface area contributed by atoms with Crippen molar-refractivity contribution in [3.8, 4) is 11.8 Å². The van der Waals surface area contributed by atoms with Gasteiger partial charge in [0.2, 0.25) is 0 Å². The van der Waals surface area contributed by atoms with E-state index in [0.717, 1.165) is 12.5 Å². The fourth-order valence-electron chi connectivity index (χ4n) is 1.68. The van der Waals surface area contributed by atoms with Crippen molar-refractivity contribution in [1.82, 2.24) is 5.32 Å². The number of nitrogens with zero attached hydrogens (tertiary/aromatic N) is 1. The minimum atomic E-state index is -0.519. The highest BCUT2D eigenvalue weighted by atomic mass is 16.5. The summed E-state index contributed by atoms with van der Waals surface area (Å²) in [5.41, 5.74) is 0.564. The molecule has 2 N–H and O–H groups in total. The third-order valence-corrected chi connectivity index (χ3v) is 2.92. The van der Waals surface area contributed by atoms with E-state index in [-0.39, 0.29) is 6.61 Å². The average molecular weight is 246 g/mol. The number of rotatable bonds is 7.